The largest absolute Gasteiger partial charge is 0.472 e. The van der Waals surface area contributed by atoms with Crippen molar-refractivity contribution in [2.75, 3.05) is 39.3 Å². The number of carbonyl (C=O) groups excluding carboxylic acids is 1. The van der Waals surface area contributed by atoms with Gasteiger partial charge in [-0.15, -0.1) is 6.58 Å². The quantitative estimate of drug-likeness (QED) is 0.592. The third kappa shape index (κ3) is 3.42. The molecule has 5 heteroatoms. The van der Waals surface area contributed by atoms with Gasteiger partial charge in [0.25, 0.3) is 0 Å². The summed E-state index contributed by atoms with van der Waals surface area (Å²) in [5.41, 5.74) is 0.837. The molecule has 2 aliphatic heterocycles. The zero-order valence-corrected chi connectivity index (χ0v) is 14.6. The summed E-state index contributed by atoms with van der Waals surface area (Å²) in [5, 5.41) is 0. The number of nitrogens with zero attached hydrogens (tertiary/aromatic N) is 2. The summed E-state index contributed by atoms with van der Waals surface area (Å²) in [6.45, 7) is 11.6. The zero-order valence-electron chi connectivity index (χ0n) is 14.6. The number of esters is 1. The number of hydrogen-bond acceptors (Lipinski definition) is 5. The first kappa shape index (κ1) is 17.2. The average molecular weight is 332 g/mol. The molecule has 0 aliphatic carbocycles. The molecule has 0 bridgehead atoms. The van der Waals surface area contributed by atoms with E-state index in [9.17, 15) is 4.79 Å². The van der Waals surface area contributed by atoms with E-state index in [-0.39, 0.29) is 11.4 Å². The highest BCUT2D eigenvalue weighted by Gasteiger charge is 2.53. The summed E-state index contributed by atoms with van der Waals surface area (Å²) in [5.74, 6) is 0.303. The maximum atomic E-state index is 12.8. The van der Waals surface area contributed by atoms with Crippen molar-refractivity contribution in [3.8, 4) is 0 Å². The van der Waals surface area contributed by atoms with Crippen LogP contribution >= 0.6 is 0 Å². The molecule has 0 saturated carbocycles. The number of ether oxygens (including phenoxy) is 1. The minimum Gasteiger partial charge on any atom is -0.472 e. The van der Waals surface area contributed by atoms with Gasteiger partial charge in [0.2, 0.25) is 0 Å². The SMILES string of the molecule is C=CCN1C[C@H]2CN(Cc3ccoc3)CCC[C@@]2(C(=O)OCC)C1. The molecule has 2 aliphatic rings. The van der Waals surface area contributed by atoms with E-state index >= 15 is 0 Å². The Balaban J connectivity index is 1.77. The van der Waals surface area contributed by atoms with E-state index in [1.54, 1.807) is 6.26 Å². The molecule has 5 nitrogen and oxygen atoms in total. The fourth-order valence-electron chi connectivity index (χ4n) is 4.33. The van der Waals surface area contributed by atoms with Gasteiger partial charge < -0.3 is 9.15 Å². The third-order valence-corrected chi connectivity index (χ3v) is 5.40. The first-order valence-electron chi connectivity index (χ1n) is 8.92. The van der Waals surface area contributed by atoms with Crippen LogP contribution in [-0.2, 0) is 16.1 Å². The van der Waals surface area contributed by atoms with Crippen molar-refractivity contribution in [2.24, 2.45) is 11.3 Å². The number of fused-ring (bicyclic) bond motifs is 1. The van der Waals surface area contributed by atoms with Gasteiger partial charge >= 0.3 is 5.97 Å². The van der Waals surface area contributed by atoms with Gasteiger partial charge in [-0.3, -0.25) is 14.6 Å². The smallest absolute Gasteiger partial charge is 0.313 e. The van der Waals surface area contributed by atoms with Crippen molar-refractivity contribution in [3.05, 3.63) is 36.8 Å². The van der Waals surface area contributed by atoms with Gasteiger partial charge in [-0.05, 0) is 32.4 Å². The second-order valence-electron chi connectivity index (χ2n) is 7.03. The molecule has 3 rings (SSSR count). The number of likely N-dealkylation sites (tertiary alicyclic amines) is 2. The molecule has 2 fully saturated rings. The van der Waals surface area contributed by atoms with Crippen molar-refractivity contribution >= 4 is 5.97 Å². The Bertz CT molecular complexity index is 557. The molecule has 0 N–H and O–H groups in total. The molecular weight excluding hydrogens is 304 g/mol. The molecule has 0 aromatic carbocycles. The fraction of sp³-hybridized carbons (Fsp3) is 0.632. The Morgan fingerprint density at radius 3 is 3.04 bits per heavy atom. The van der Waals surface area contributed by atoms with Gasteiger partial charge in [-0.2, -0.15) is 0 Å². The third-order valence-electron chi connectivity index (χ3n) is 5.40. The molecule has 1 aromatic heterocycles. The first-order chi connectivity index (χ1) is 11.7. The summed E-state index contributed by atoms with van der Waals surface area (Å²) < 4.78 is 10.7. The number of furan rings is 1. The van der Waals surface area contributed by atoms with E-state index in [1.165, 1.54) is 5.56 Å². The van der Waals surface area contributed by atoms with E-state index in [1.807, 2.05) is 25.3 Å². The zero-order chi connectivity index (χ0) is 17.0. The lowest BCUT2D eigenvalue weighted by Crippen LogP contribution is -2.42. The van der Waals surface area contributed by atoms with Crippen molar-refractivity contribution in [1.82, 2.24) is 9.80 Å². The summed E-state index contributed by atoms with van der Waals surface area (Å²) in [6.07, 6.45) is 7.38. The molecule has 24 heavy (non-hydrogen) atoms. The minimum atomic E-state index is -0.357. The van der Waals surface area contributed by atoms with Crippen LogP contribution in [0, 0.1) is 11.3 Å². The lowest BCUT2D eigenvalue weighted by atomic mass is 9.75. The fourth-order valence-corrected chi connectivity index (χ4v) is 4.33. The van der Waals surface area contributed by atoms with E-state index < -0.39 is 0 Å². The Morgan fingerprint density at radius 2 is 2.33 bits per heavy atom. The number of rotatable bonds is 6. The molecular formula is C19H28N2O3. The number of hydrogen-bond donors (Lipinski definition) is 0. The predicted molar refractivity (Wildman–Crippen MR) is 92.4 cm³/mol. The second-order valence-corrected chi connectivity index (χ2v) is 7.03. The van der Waals surface area contributed by atoms with Crippen molar-refractivity contribution < 1.29 is 13.9 Å². The van der Waals surface area contributed by atoms with E-state index in [4.69, 9.17) is 9.15 Å². The lowest BCUT2D eigenvalue weighted by molar-refractivity contribution is -0.157. The normalized spacial score (nSPS) is 28.3. The van der Waals surface area contributed by atoms with Gasteiger partial charge in [0.1, 0.15) is 0 Å². The van der Waals surface area contributed by atoms with Crippen LogP contribution in [0.4, 0.5) is 0 Å². The van der Waals surface area contributed by atoms with Crippen LogP contribution in [0.3, 0.4) is 0 Å². The molecule has 0 spiro atoms. The Labute approximate surface area is 144 Å². The Hall–Kier alpha value is -1.59. The maximum absolute atomic E-state index is 12.8. The van der Waals surface area contributed by atoms with Crippen LogP contribution in [0.25, 0.3) is 0 Å². The average Bonchev–Trinajstić information content (AvgIpc) is 3.13. The van der Waals surface area contributed by atoms with Gasteiger partial charge in [-0.25, -0.2) is 0 Å². The van der Waals surface area contributed by atoms with Gasteiger partial charge in [0.15, 0.2) is 0 Å². The summed E-state index contributed by atoms with van der Waals surface area (Å²) in [7, 11) is 0. The van der Waals surface area contributed by atoms with Crippen LogP contribution in [0.5, 0.6) is 0 Å². The highest BCUT2D eigenvalue weighted by Crippen LogP contribution is 2.43. The lowest BCUT2D eigenvalue weighted by Gasteiger charge is -2.31. The number of carbonyl (C=O) groups is 1. The molecule has 3 heterocycles. The van der Waals surface area contributed by atoms with Crippen molar-refractivity contribution in [1.29, 1.82) is 0 Å². The monoisotopic (exact) mass is 332 g/mol. The molecule has 0 amide bonds. The van der Waals surface area contributed by atoms with Crippen LogP contribution < -0.4 is 0 Å². The highest BCUT2D eigenvalue weighted by molar-refractivity contribution is 5.78. The molecule has 0 radical (unpaired) electrons. The van der Waals surface area contributed by atoms with Crippen molar-refractivity contribution in [3.63, 3.8) is 0 Å². The molecule has 2 saturated heterocycles. The first-order valence-corrected chi connectivity index (χ1v) is 8.92. The van der Waals surface area contributed by atoms with E-state index in [2.05, 4.69) is 16.4 Å². The summed E-state index contributed by atoms with van der Waals surface area (Å²) in [6, 6.07) is 2.02. The van der Waals surface area contributed by atoms with Crippen LogP contribution in [0.15, 0.2) is 35.7 Å². The van der Waals surface area contributed by atoms with Gasteiger partial charge in [0, 0.05) is 44.2 Å². The summed E-state index contributed by atoms with van der Waals surface area (Å²) in [4.78, 5) is 17.6. The Kier molecular flexibility index (Phi) is 5.41. The van der Waals surface area contributed by atoms with Crippen LogP contribution in [0.1, 0.15) is 25.3 Å². The van der Waals surface area contributed by atoms with Crippen LogP contribution in [0.2, 0.25) is 0 Å². The standard InChI is InChI=1S/C19H28N2O3/c1-3-8-21-13-17-12-20(11-16-6-10-23-14-16)9-5-7-19(17,15-21)18(22)24-4-2/h3,6,10,14,17H,1,4-5,7-9,11-13,15H2,2H3/t17-,19-/m1/s1. The highest BCUT2D eigenvalue weighted by atomic mass is 16.5. The van der Waals surface area contributed by atoms with Gasteiger partial charge in [-0.1, -0.05) is 6.08 Å². The van der Waals surface area contributed by atoms with E-state index in [0.29, 0.717) is 12.5 Å². The summed E-state index contributed by atoms with van der Waals surface area (Å²) >= 11 is 0. The van der Waals surface area contributed by atoms with Gasteiger partial charge in [0.05, 0.1) is 24.5 Å². The minimum absolute atomic E-state index is 0.00766. The van der Waals surface area contributed by atoms with E-state index in [0.717, 1.165) is 52.1 Å². The molecule has 2 atom stereocenters. The second kappa shape index (κ2) is 7.53. The maximum Gasteiger partial charge on any atom is 0.313 e. The molecule has 1 aromatic rings. The predicted octanol–water partition coefficient (Wildman–Crippen LogP) is 2.54. The molecule has 132 valence electrons. The van der Waals surface area contributed by atoms with Crippen molar-refractivity contribution in [2.45, 2.75) is 26.3 Å². The Morgan fingerprint density at radius 1 is 1.50 bits per heavy atom. The van der Waals surface area contributed by atoms with Crippen LogP contribution in [-0.4, -0.2) is 55.1 Å². The topological polar surface area (TPSA) is 45.9 Å². The molecule has 0 unspecified atom stereocenters.